The minimum Gasteiger partial charge on any atom is -0.497 e. The van der Waals surface area contributed by atoms with Gasteiger partial charge in [-0.2, -0.15) is 0 Å². The fourth-order valence-electron chi connectivity index (χ4n) is 3.73. The van der Waals surface area contributed by atoms with Crippen molar-refractivity contribution in [3.8, 4) is 29.0 Å². The summed E-state index contributed by atoms with van der Waals surface area (Å²) >= 11 is 0. The zero-order chi connectivity index (χ0) is 20.1. The van der Waals surface area contributed by atoms with Crippen molar-refractivity contribution in [2.45, 2.75) is 6.42 Å². The second-order valence-corrected chi connectivity index (χ2v) is 6.94. The van der Waals surface area contributed by atoms with Crippen molar-refractivity contribution >= 4 is 5.65 Å². The van der Waals surface area contributed by atoms with Gasteiger partial charge in [0.15, 0.2) is 0 Å². The van der Waals surface area contributed by atoms with Gasteiger partial charge in [-0.3, -0.25) is 4.57 Å². The van der Waals surface area contributed by atoms with Gasteiger partial charge < -0.3 is 9.14 Å². The third kappa shape index (κ3) is 2.49. The summed E-state index contributed by atoms with van der Waals surface area (Å²) in [5, 5.41) is 8.38. The van der Waals surface area contributed by atoms with Crippen LogP contribution in [0.5, 0.6) is 5.75 Å². The Hall–Kier alpha value is -4.38. The van der Waals surface area contributed by atoms with Crippen LogP contribution < -0.4 is 4.74 Å². The van der Waals surface area contributed by atoms with Gasteiger partial charge in [0, 0.05) is 36.6 Å². The van der Waals surface area contributed by atoms with Gasteiger partial charge in [0.1, 0.15) is 23.4 Å². The predicted molar refractivity (Wildman–Crippen MR) is 109 cm³/mol. The molecule has 5 heterocycles. The summed E-state index contributed by atoms with van der Waals surface area (Å²) in [4.78, 5) is 8.86. The van der Waals surface area contributed by atoms with E-state index in [4.69, 9.17) is 4.74 Å². The van der Waals surface area contributed by atoms with Crippen LogP contribution in [-0.2, 0) is 6.42 Å². The maximum absolute atomic E-state index is 5.40. The lowest BCUT2D eigenvalue weighted by Gasteiger charge is -2.11. The lowest BCUT2D eigenvalue weighted by Crippen LogP contribution is -2.03. The van der Waals surface area contributed by atoms with Gasteiger partial charge >= 0.3 is 0 Å². The summed E-state index contributed by atoms with van der Waals surface area (Å²) in [6.45, 7) is 0. The molecular formula is C22H15N7O. The lowest BCUT2D eigenvalue weighted by atomic mass is 10.2. The van der Waals surface area contributed by atoms with Crippen LogP contribution in [0.1, 0.15) is 22.6 Å². The van der Waals surface area contributed by atoms with E-state index in [2.05, 4.69) is 36.7 Å². The first-order valence-corrected chi connectivity index (χ1v) is 9.39. The van der Waals surface area contributed by atoms with Crippen LogP contribution in [0.4, 0.5) is 0 Å². The summed E-state index contributed by atoms with van der Waals surface area (Å²) in [6, 6.07) is 9.79. The van der Waals surface area contributed by atoms with Crippen LogP contribution in [0.15, 0.2) is 61.4 Å². The Morgan fingerprint density at radius 1 is 1.07 bits per heavy atom. The molecule has 6 rings (SSSR count). The molecule has 4 aromatic heterocycles. The Morgan fingerprint density at radius 2 is 2.03 bits per heavy atom. The minimum absolute atomic E-state index is 0.620. The van der Waals surface area contributed by atoms with Crippen molar-refractivity contribution < 1.29 is 4.74 Å². The van der Waals surface area contributed by atoms with E-state index in [0.717, 1.165) is 45.4 Å². The van der Waals surface area contributed by atoms with Crippen molar-refractivity contribution in [1.82, 2.24) is 33.9 Å². The number of rotatable bonds is 1. The summed E-state index contributed by atoms with van der Waals surface area (Å²) in [6.07, 6.45) is 9.84. The molecule has 30 heavy (non-hydrogen) atoms. The quantitative estimate of drug-likeness (QED) is 0.401. The monoisotopic (exact) mass is 393 g/mol. The van der Waals surface area contributed by atoms with Crippen LogP contribution in [0.3, 0.4) is 0 Å². The standard InChI is InChI=1S/C22H15N7O/c1-30-17-4-6-19-21(11-17)29-16(12-25-26-29)10-20-18(24-14-28(19)20)5-2-15-3-7-22-23-8-9-27(22)13-15/h3-4,6-9,11-14H,10H2,1H3. The third-order valence-corrected chi connectivity index (χ3v) is 5.22. The minimum atomic E-state index is 0.620. The van der Waals surface area contributed by atoms with Crippen molar-refractivity contribution in [1.29, 1.82) is 0 Å². The van der Waals surface area contributed by atoms with E-state index in [-0.39, 0.29) is 0 Å². The number of hydrogen-bond donors (Lipinski definition) is 0. The van der Waals surface area contributed by atoms with Crippen molar-refractivity contribution in [3.63, 3.8) is 0 Å². The molecule has 0 radical (unpaired) electrons. The van der Waals surface area contributed by atoms with E-state index >= 15 is 0 Å². The van der Waals surface area contributed by atoms with Gasteiger partial charge in [0.05, 0.1) is 36.1 Å². The smallest absolute Gasteiger partial charge is 0.136 e. The largest absolute Gasteiger partial charge is 0.497 e. The van der Waals surface area contributed by atoms with Crippen LogP contribution in [0.2, 0.25) is 0 Å². The number of nitrogens with zero attached hydrogens (tertiary/aromatic N) is 7. The van der Waals surface area contributed by atoms with E-state index < -0.39 is 0 Å². The molecule has 1 aliphatic rings. The Labute approximate surface area is 171 Å². The molecule has 0 fully saturated rings. The number of pyridine rings is 1. The Balaban J connectivity index is 1.48. The van der Waals surface area contributed by atoms with Gasteiger partial charge in [-0.15, -0.1) is 5.10 Å². The highest BCUT2D eigenvalue weighted by molar-refractivity contribution is 5.59. The summed E-state index contributed by atoms with van der Waals surface area (Å²) in [5.74, 6) is 7.22. The van der Waals surface area contributed by atoms with Crippen molar-refractivity contribution in [2.24, 2.45) is 0 Å². The number of aromatic nitrogens is 7. The van der Waals surface area contributed by atoms with Crippen LogP contribution in [0, 0.1) is 11.8 Å². The maximum Gasteiger partial charge on any atom is 0.136 e. The van der Waals surface area contributed by atoms with Crippen LogP contribution in [-0.4, -0.2) is 41.0 Å². The highest BCUT2D eigenvalue weighted by Gasteiger charge is 2.23. The van der Waals surface area contributed by atoms with E-state index in [1.165, 1.54) is 0 Å². The van der Waals surface area contributed by atoms with E-state index in [9.17, 15) is 0 Å². The van der Waals surface area contributed by atoms with Crippen LogP contribution in [0.25, 0.3) is 17.0 Å². The lowest BCUT2D eigenvalue weighted by molar-refractivity contribution is 0.414. The summed E-state index contributed by atoms with van der Waals surface area (Å²) in [5.41, 5.74) is 6.33. The van der Waals surface area contributed by atoms with E-state index in [1.807, 2.05) is 58.1 Å². The van der Waals surface area contributed by atoms with Gasteiger partial charge in [0.25, 0.3) is 0 Å². The Bertz CT molecular complexity index is 1480. The fraction of sp³-hybridized carbons (Fsp3) is 0.0909. The van der Waals surface area contributed by atoms with E-state index in [1.54, 1.807) is 19.5 Å². The Kier molecular flexibility index (Phi) is 3.49. The number of methoxy groups -OCH3 is 1. The number of benzene rings is 1. The molecule has 0 aliphatic carbocycles. The molecule has 0 bridgehead atoms. The molecule has 0 N–H and O–H groups in total. The molecule has 0 atom stereocenters. The summed E-state index contributed by atoms with van der Waals surface area (Å²) < 4.78 is 11.3. The van der Waals surface area contributed by atoms with Gasteiger partial charge in [-0.1, -0.05) is 11.1 Å². The molecule has 0 amide bonds. The molecule has 0 saturated carbocycles. The molecule has 0 saturated heterocycles. The van der Waals surface area contributed by atoms with Gasteiger partial charge in [0.2, 0.25) is 0 Å². The summed E-state index contributed by atoms with van der Waals surface area (Å²) in [7, 11) is 1.65. The van der Waals surface area contributed by atoms with E-state index in [0.29, 0.717) is 6.42 Å². The van der Waals surface area contributed by atoms with Crippen molar-refractivity contribution in [2.75, 3.05) is 7.11 Å². The molecule has 0 spiro atoms. The molecule has 5 aromatic rings. The zero-order valence-electron chi connectivity index (χ0n) is 16.0. The fourth-order valence-corrected chi connectivity index (χ4v) is 3.73. The number of imidazole rings is 2. The molecule has 8 nitrogen and oxygen atoms in total. The third-order valence-electron chi connectivity index (χ3n) is 5.22. The average molecular weight is 393 g/mol. The first-order valence-electron chi connectivity index (χ1n) is 9.39. The first-order chi connectivity index (χ1) is 14.8. The molecule has 1 aliphatic heterocycles. The highest BCUT2D eigenvalue weighted by atomic mass is 16.5. The van der Waals surface area contributed by atoms with Crippen LogP contribution >= 0.6 is 0 Å². The number of hydrogen-bond acceptors (Lipinski definition) is 5. The molecule has 8 heteroatoms. The second-order valence-electron chi connectivity index (χ2n) is 6.94. The second kappa shape index (κ2) is 6.32. The number of fused-ring (bicyclic) bond motifs is 6. The molecule has 144 valence electrons. The van der Waals surface area contributed by atoms with Crippen molar-refractivity contribution in [3.05, 3.63) is 84.1 Å². The molecular weight excluding hydrogens is 378 g/mol. The molecule has 0 unspecified atom stereocenters. The number of ether oxygens (including phenoxy) is 1. The van der Waals surface area contributed by atoms with Gasteiger partial charge in [-0.05, 0) is 30.2 Å². The molecule has 1 aromatic carbocycles. The van der Waals surface area contributed by atoms with Gasteiger partial charge in [-0.25, -0.2) is 14.6 Å². The first kappa shape index (κ1) is 16.6. The normalized spacial score (nSPS) is 11.8. The highest BCUT2D eigenvalue weighted by Crippen LogP contribution is 2.31. The zero-order valence-corrected chi connectivity index (χ0v) is 16.0. The SMILES string of the molecule is COc1ccc2c(c1)-n1nncc1Cc1c(C#Cc3ccc4nccn4c3)ncn1-2. The topological polar surface area (TPSA) is 75.1 Å². The maximum atomic E-state index is 5.40. The predicted octanol–water partition coefficient (Wildman–Crippen LogP) is 2.41. The Morgan fingerprint density at radius 3 is 2.97 bits per heavy atom. The average Bonchev–Trinajstić information content (AvgIpc) is 3.50.